The second-order valence-electron chi connectivity index (χ2n) is 3.51. The summed E-state index contributed by atoms with van der Waals surface area (Å²) in [6.07, 6.45) is -0.0977. The van der Waals surface area contributed by atoms with Crippen molar-refractivity contribution >= 4 is 0 Å². The van der Waals surface area contributed by atoms with Gasteiger partial charge in [-0.25, -0.2) is 22.0 Å². The molecule has 1 rings (SSSR count). The van der Waals surface area contributed by atoms with Gasteiger partial charge in [-0.15, -0.1) is 6.58 Å². The summed E-state index contributed by atoms with van der Waals surface area (Å²) in [4.78, 5) is 0. The average molecular weight is 266 g/mol. The monoisotopic (exact) mass is 266 g/mol. The molecule has 0 radical (unpaired) electrons. The van der Waals surface area contributed by atoms with Crippen LogP contribution in [0, 0.1) is 29.1 Å². The molecule has 0 spiro atoms. The molecule has 18 heavy (non-hydrogen) atoms. The van der Waals surface area contributed by atoms with Gasteiger partial charge in [0, 0.05) is 5.56 Å². The van der Waals surface area contributed by atoms with Gasteiger partial charge in [-0.1, -0.05) is 19.4 Å². The van der Waals surface area contributed by atoms with Crippen molar-refractivity contribution in [3.63, 3.8) is 0 Å². The highest BCUT2D eigenvalue weighted by atomic mass is 19.2. The lowest BCUT2D eigenvalue weighted by Gasteiger charge is -2.07. The quantitative estimate of drug-likeness (QED) is 0.315. The highest BCUT2D eigenvalue weighted by Crippen LogP contribution is 2.24. The molecule has 0 nitrogen and oxygen atoms in total. The van der Waals surface area contributed by atoms with E-state index in [-0.39, 0.29) is 12.8 Å². The maximum atomic E-state index is 13.1. The van der Waals surface area contributed by atoms with Crippen molar-refractivity contribution in [1.82, 2.24) is 0 Å². The van der Waals surface area contributed by atoms with Gasteiger partial charge in [0.15, 0.2) is 23.3 Å². The van der Waals surface area contributed by atoms with E-state index in [1.165, 1.54) is 0 Å². The number of rotatable bonds is 3. The molecule has 0 bridgehead atoms. The molecule has 0 N–H and O–H groups in total. The molecule has 0 amide bonds. The molecule has 1 aromatic rings. The third-order valence-corrected chi connectivity index (χ3v) is 2.10. The average Bonchev–Trinajstić information content (AvgIpc) is 2.36. The Balaban J connectivity index is 0.00000137. The van der Waals surface area contributed by atoms with E-state index >= 15 is 0 Å². The Hall–Kier alpha value is -1.39. The maximum absolute atomic E-state index is 13.1. The van der Waals surface area contributed by atoms with E-state index in [4.69, 9.17) is 0 Å². The summed E-state index contributed by atoms with van der Waals surface area (Å²) in [6.45, 7) is 9.09. The Morgan fingerprint density at radius 1 is 0.833 bits per heavy atom. The van der Waals surface area contributed by atoms with Gasteiger partial charge < -0.3 is 0 Å². The molecule has 0 saturated heterocycles. The van der Waals surface area contributed by atoms with Crippen LogP contribution in [0.4, 0.5) is 22.0 Å². The van der Waals surface area contributed by atoms with E-state index in [0.717, 1.165) is 0 Å². The first-order valence-electron chi connectivity index (χ1n) is 5.51. The molecule has 0 heterocycles. The molecule has 0 aromatic heterocycles. The maximum Gasteiger partial charge on any atom is 0.200 e. The van der Waals surface area contributed by atoms with Gasteiger partial charge in [0.25, 0.3) is 0 Å². The van der Waals surface area contributed by atoms with Gasteiger partial charge >= 0.3 is 0 Å². The van der Waals surface area contributed by atoms with E-state index in [2.05, 4.69) is 6.58 Å². The summed E-state index contributed by atoms with van der Waals surface area (Å²) in [5, 5.41) is 0. The molecule has 0 fully saturated rings. The first-order valence-corrected chi connectivity index (χ1v) is 5.51. The SMILES string of the molecule is C=C(C)CCc1c(F)c(F)c(F)c(F)c1F.CC. The van der Waals surface area contributed by atoms with Gasteiger partial charge in [-0.2, -0.15) is 0 Å². The van der Waals surface area contributed by atoms with Crippen molar-refractivity contribution in [2.75, 3.05) is 0 Å². The summed E-state index contributed by atoms with van der Waals surface area (Å²) in [6, 6.07) is 0. The zero-order valence-corrected chi connectivity index (χ0v) is 10.5. The van der Waals surface area contributed by atoms with E-state index in [0.29, 0.717) is 5.57 Å². The summed E-state index contributed by atoms with van der Waals surface area (Å²) in [7, 11) is 0. The molecule has 5 heteroatoms. The second-order valence-corrected chi connectivity index (χ2v) is 3.51. The molecule has 0 atom stereocenters. The van der Waals surface area contributed by atoms with Crippen LogP contribution in [0.2, 0.25) is 0 Å². The number of allylic oxidation sites excluding steroid dienone is 1. The van der Waals surface area contributed by atoms with Crippen LogP contribution in [-0.4, -0.2) is 0 Å². The Bertz CT molecular complexity index is 408. The van der Waals surface area contributed by atoms with E-state index in [1.807, 2.05) is 13.8 Å². The van der Waals surface area contributed by atoms with Crippen molar-refractivity contribution in [2.24, 2.45) is 0 Å². The number of hydrogen-bond donors (Lipinski definition) is 0. The summed E-state index contributed by atoms with van der Waals surface area (Å²) < 4.78 is 64.3. The van der Waals surface area contributed by atoms with E-state index in [9.17, 15) is 22.0 Å². The van der Waals surface area contributed by atoms with Gasteiger partial charge in [0.05, 0.1) is 0 Å². The summed E-state index contributed by atoms with van der Waals surface area (Å²) in [5.41, 5.74) is -0.191. The minimum absolute atomic E-state index is 0.165. The Labute approximate surface area is 103 Å². The number of benzene rings is 1. The van der Waals surface area contributed by atoms with Crippen molar-refractivity contribution in [3.05, 3.63) is 46.8 Å². The van der Waals surface area contributed by atoms with Crippen molar-refractivity contribution in [1.29, 1.82) is 0 Å². The highest BCUT2D eigenvalue weighted by molar-refractivity contribution is 5.24. The van der Waals surface area contributed by atoms with Crippen molar-refractivity contribution in [3.8, 4) is 0 Å². The second kappa shape index (κ2) is 7.13. The van der Waals surface area contributed by atoms with E-state index < -0.39 is 34.6 Å². The molecule has 0 saturated carbocycles. The minimum Gasteiger partial charge on any atom is -0.203 e. The van der Waals surface area contributed by atoms with Crippen LogP contribution in [0.15, 0.2) is 12.2 Å². The molecule has 1 aromatic carbocycles. The molecule has 0 unspecified atom stereocenters. The highest BCUT2D eigenvalue weighted by Gasteiger charge is 2.24. The molecule has 102 valence electrons. The zero-order chi connectivity index (χ0) is 14.5. The van der Waals surface area contributed by atoms with Crippen LogP contribution in [0.25, 0.3) is 0 Å². The third kappa shape index (κ3) is 3.55. The van der Waals surface area contributed by atoms with Crippen LogP contribution in [0.3, 0.4) is 0 Å². The van der Waals surface area contributed by atoms with Crippen molar-refractivity contribution in [2.45, 2.75) is 33.6 Å². The lowest BCUT2D eigenvalue weighted by atomic mass is 10.0. The topological polar surface area (TPSA) is 0 Å². The number of hydrogen-bond acceptors (Lipinski definition) is 0. The molecule has 0 aliphatic carbocycles. The first kappa shape index (κ1) is 16.6. The van der Waals surface area contributed by atoms with Gasteiger partial charge in [0.2, 0.25) is 5.82 Å². The minimum atomic E-state index is -2.13. The van der Waals surface area contributed by atoms with Crippen LogP contribution in [-0.2, 0) is 6.42 Å². The lowest BCUT2D eigenvalue weighted by Crippen LogP contribution is -2.07. The lowest BCUT2D eigenvalue weighted by molar-refractivity contribution is 0.370. The first-order chi connectivity index (χ1) is 8.36. The van der Waals surface area contributed by atoms with Crippen molar-refractivity contribution < 1.29 is 22.0 Å². The third-order valence-electron chi connectivity index (χ3n) is 2.10. The van der Waals surface area contributed by atoms with Gasteiger partial charge in [0.1, 0.15) is 0 Å². The molecular formula is C13H15F5. The molecule has 0 aliphatic rings. The Morgan fingerprint density at radius 2 is 1.17 bits per heavy atom. The normalized spacial score (nSPS) is 9.78. The Kier molecular flexibility index (Phi) is 6.58. The smallest absolute Gasteiger partial charge is 0.200 e. The fourth-order valence-electron chi connectivity index (χ4n) is 1.21. The van der Waals surface area contributed by atoms with Gasteiger partial charge in [-0.3, -0.25) is 0 Å². The zero-order valence-electron chi connectivity index (χ0n) is 10.5. The largest absolute Gasteiger partial charge is 0.203 e. The van der Waals surface area contributed by atoms with E-state index in [1.54, 1.807) is 6.92 Å². The predicted molar refractivity (Wildman–Crippen MR) is 60.7 cm³/mol. The Morgan fingerprint density at radius 3 is 1.50 bits per heavy atom. The van der Waals surface area contributed by atoms with Crippen LogP contribution in [0.1, 0.15) is 32.8 Å². The molecule has 0 aliphatic heterocycles. The van der Waals surface area contributed by atoms with Crippen LogP contribution in [0.5, 0.6) is 0 Å². The predicted octanol–water partition coefficient (Wildman–Crippen LogP) is 4.92. The fourth-order valence-corrected chi connectivity index (χ4v) is 1.21. The van der Waals surface area contributed by atoms with Gasteiger partial charge in [-0.05, 0) is 19.8 Å². The van der Waals surface area contributed by atoms with Crippen LogP contribution >= 0.6 is 0 Å². The summed E-state index contributed by atoms with van der Waals surface area (Å²) in [5.74, 6) is -9.48. The van der Waals surface area contributed by atoms with Crippen LogP contribution < -0.4 is 0 Å². The molecular weight excluding hydrogens is 251 g/mol. The number of halogens is 5. The summed E-state index contributed by atoms with van der Waals surface area (Å²) >= 11 is 0. The fraction of sp³-hybridized carbons (Fsp3) is 0.385. The standard InChI is InChI=1S/C11H9F5.C2H6/c1-5(2)3-4-6-7(12)9(14)11(16)10(15)8(6)13;1-2/h1,3-4H2,2H3;1-2H3.